The van der Waals surface area contributed by atoms with Crippen LogP contribution in [0.25, 0.3) is 10.8 Å². The molecule has 29 heavy (non-hydrogen) atoms. The van der Waals surface area contributed by atoms with Crippen molar-refractivity contribution in [1.29, 1.82) is 0 Å². The van der Waals surface area contributed by atoms with Gasteiger partial charge in [0.15, 0.2) is 11.5 Å². The molecular weight excluding hydrogens is 436 g/mol. The SMILES string of the molecule is COc1cc(C=NNC(=O)c2cc3ccccc3cc2O)cc(Br)c1OC(C)C. The third-order valence-electron chi connectivity index (χ3n) is 4.09. The monoisotopic (exact) mass is 456 g/mol. The molecule has 0 fully saturated rings. The summed E-state index contributed by atoms with van der Waals surface area (Å²) in [5.41, 5.74) is 3.29. The number of methoxy groups -OCH3 is 1. The molecule has 0 saturated carbocycles. The molecule has 0 aliphatic carbocycles. The number of halogens is 1. The van der Waals surface area contributed by atoms with Crippen molar-refractivity contribution in [1.82, 2.24) is 5.43 Å². The second-order valence-corrected chi connectivity index (χ2v) is 7.47. The number of hydrogen-bond donors (Lipinski definition) is 2. The van der Waals surface area contributed by atoms with Crippen LogP contribution in [0.4, 0.5) is 0 Å². The summed E-state index contributed by atoms with van der Waals surface area (Å²) in [6.07, 6.45) is 1.48. The van der Waals surface area contributed by atoms with Crippen LogP contribution >= 0.6 is 15.9 Å². The Kier molecular flexibility index (Phi) is 6.39. The van der Waals surface area contributed by atoms with Gasteiger partial charge >= 0.3 is 0 Å². The Balaban J connectivity index is 1.78. The summed E-state index contributed by atoms with van der Waals surface area (Å²) in [5, 5.41) is 15.9. The summed E-state index contributed by atoms with van der Waals surface area (Å²) in [4.78, 5) is 12.4. The van der Waals surface area contributed by atoms with Gasteiger partial charge in [-0.3, -0.25) is 4.79 Å². The molecule has 3 aromatic rings. The zero-order chi connectivity index (χ0) is 21.0. The number of nitrogens with zero attached hydrogens (tertiary/aromatic N) is 1. The summed E-state index contributed by atoms with van der Waals surface area (Å²) in [5.74, 6) is 0.545. The second kappa shape index (κ2) is 8.96. The van der Waals surface area contributed by atoms with E-state index in [0.29, 0.717) is 21.5 Å². The predicted molar refractivity (Wildman–Crippen MR) is 117 cm³/mol. The molecule has 150 valence electrons. The molecular formula is C22H21BrN2O4. The van der Waals surface area contributed by atoms with Gasteiger partial charge in [0, 0.05) is 0 Å². The van der Waals surface area contributed by atoms with E-state index < -0.39 is 5.91 Å². The number of nitrogens with one attached hydrogen (secondary N) is 1. The highest BCUT2D eigenvalue weighted by atomic mass is 79.9. The van der Waals surface area contributed by atoms with E-state index in [2.05, 4.69) is 26.5 Å². The number of carbonyl (C=O) groups is 1. The number of ether oxygens (including phenoxy) is 2. The Morgan fingerprint density at radius 1 is 1.17 bits per heavy atom. The molecule has 0 aliphatic rings. The maximum atomic E-state index is 12.4. The summed E-state index contributed by atoms with van der Waals surface area (Å²) < 4.78 is 11.9. The van der Waals surface area contributed by atoms with Crippen molar-refractivity contribution in [2.24, 2.45) is 5.10 Å². The van der Waals surface area contributed by atoms with E-state index in [0.717, 1.165) is 10.8 Å². The van der Waals surface area contributed by atoms with Crippen LogP contribution in [0.15, 0.2) is 58.1 Å². The standard InChI is InChI=1S/C22H21BrN2O4/c1-13(2)29-21-18(23)8-14(9-20(21)28-3)12-24-25-22(27)17-10-15-6-4-5-7-16(15)11-19(17)26/h4-13,26H,1-3H3,(H,25,27). The lowest BCUT2D eigenvalue weighted by atomic mass is 10.1. The van der Waals surface area contributed by atoms with Crippen LogP contribution in [-0.2, 0) is 0 Å². The van der Waals surface area contributed by atoms with Gasteiger partial charge in [-0.2, -0.15) is 5.10 Å². The van der Waals surface area contributed by atoms with Crippen LogP contribution in [0.1, 0.15) is 29.8 Å². The molecule has 0 bridgehead atoms. The molecule has 0 aromatic heterocycles. The van der Waals surface area contributed by atoms with Gasteiger partial charge in [-0.05, 0) is 70.4 Å². The summed E-state index contributed by atoms with van der Waals surface area (Å²) >= 11 is 3.47. The van der Waals surface area contributed by atoms with E-state index in [1.54, 1.807) is 25.3 Å². The van der Waals surface area contributed by atoms with Gasteiger partial charge in [0.1, 0.15) is 5.75 Å². The fourth-order valence-electron chi connectivity index (χ4n) is 2.80. The van der Waals surface area contributed by atoms with E-state index in [-0.39, 0.29) is 17.4 Å². The summed E-state index contributed by atoms with van der Waals surface area (Å²) in [6, 6.07) is 14.2. The first-order chi connectivity index (χ1) is 13.9. The third-order valence-corrected chi connectivity index (χ3v) is 4.68. The smallest absolute Gasteiger partial charge is 0.275 e. The quantitative estimate of drug-likeness (QED) is 0.409. The lowest BCUT2D eigenvalue weighted by Crippen LogP contribution is -2.17. The van der Waals surface area contributed by atoms with Crippen LogP contribution in [-0.4, -0.2) is 30.4 Å². The van der Waals surface area contributed by atoms with Gasteiger partial charge in [-0.15, -0.1) is 0 Å². The minimum atomic E-state index is -0.504. The Labute approximate surface area is 177 Å². The molecule has 1 amide bonds. The Morgan fingerprint density at radius 2 is 1.86 bits per heavy atom. The maximum Gasteiger partial charge on any atom is 0.275 e. The van der Waals surface area contributed by atoms with Gasteiger partial charge in [0.25, 0.3) is 5.91 Å². The van der Waals surface area contributed by atoms with Crippen molar-refractivity contribution in [2.45, 2.75) is 20.0 Å². The number of aromatic hydroxyl groups is 1. The molecule has 3 aromatic carbocycles. The molecule has 2 N–H and O–H groups in total. The zero-order valence-electron chi connectivity index (χ0n) is 16.3. The fraction of sp³-hybridized carbons (Fsp3) is 0.182. The number of phenolic OH excluding ortho intramolecular Hbond substituents is 1. The first-order valence-corrected chi connectivity index (χ1v) is 9.77. The highest BCUT2D eigenvalue weighted by Gasteiger charge is 2.14. The average molecular weight is 457 g/mol. The van der Waals surface area contributed by atoms with E-state index in [1.165, 1.54) is 6.21 Å². The topological polar surface area (TPSA) is 80.2 Å². The molecule has 0 aliphatic heterocycles. The van der Waals surface area contributed by atoms with Gasteiger partial charge < -0.3 is 14.6 Å². The van der Waals surface area contributed by atoms with Crippen LogP contribution < -0.4 is 14.9 Å². The van der Waals surface area contributed by atoms with Crippen molar-refractivity contribution < 1.29 is 19.4 Å². The molecule has 0 spiro atoms. The van der Waals surface area contributed by atoms with Gasteiger partial charge in [0.2, 0.25) is 0 Å². The highest BCUT2D eigenvalue weighted by Crippen LogP contribution is 2.37. The molecule has 0 saturated heterocycles. The fourth-order valence-corrected chi connectivity index (χ4v) is 3.35. The largest absolute Gasteiger partial charge is 0.507 e. The lowest BCUT2D eigenvalue weighted by Gasteiger charge is -2.15. The minimum Gasteiger partial charge on any atom is -0.507 e. The number of fused-ring (bicyclic) bond motifs is 1. The van der Waals surface area contributed by atoms with Crippen LogP contribution in [0.5, 0.6) is 17.2 Å². The normalized spacial score (nSPS) is 11.2. The van der Waals surface area contributed by atoms with Gasteiger partial charge in [-0.25, -0.2) is 5.43 Å². The summed E-state index contributed by atoms with van der Waals surface area (Å²) in [6.45, 7) is 3.86. The van der Waals surface area contributed by atoms with Crippen LogP contribution in [0.2, 0.25) is 0 Å². The predicted octanol–water partition coefficient (Wildman–Crippen LogP) is 4.87. The maximum absolute atomic E-state index is 12.4. The molecule has 0 unspecified atom stereocenters. The van der Waals surface area contributed by atoms with E-state index in [4.69, 9.17) is 9.47 Å². The lowest BCUT2D eigenvalue weighted by molar-refractivity contribution is 0.0952. The van der Waals surface area contributed by atoms with Crippen LogP contribution in [0.3, 0.4) is 0 Å². The first-order valence-electron chi connectivity index (χ1n) is 8.98. The number of carbonyl (C=O) groups excluding carboxylic acids is 1. The Hall–Kier alpha value is -3.06. The molecule has 0 atom stereocenters. The number of hydrazone groups is 1. The molecule has 7 heteroatoms. The second-order valence-electron chi connectivity index (χ2n) is 6.62. The van der Waals surface area contributed by atoms with E-state index >= 15 is 0 Å². The van der Waals surface area contributed by atoms with E-state index in [9.17, 15) is 9.90 Å². The number of phenols is 1. The van der Waals surface area contributed by atoms with Crippen molar-refractivity contribution in [3.8, 4) is 17.2 Å². The Morgan fingerprint density at radius 3 is 2.52 bits per heavy atom. The van der Waals surface area contributed by atoms with Gasteiger partial charge in [-0.1, -0.05) is 24.3 Å². The number of amides is 1. The Bertz CT molecular complexity index is 1080. The van der Waals surface area contributed by atoms with Crippen molar-refractivity contribution >= 4 is 38.8 Å². The highest BCUT2D eigenvalue weighted by molar-refractivity contribution is 9.10. The number of rotatable bonds is 6. The minimum absolute atomic E-state index is 0.00589. The molecule has 3 rings (SSSR count). The zero-order valence-corrected chi connectivity index (χ0v) is 17.9. The van der Waals surface area contributed by atoms with E-state index in [1.807, 2.05) is 44.2 Å². The number of benzene rings is 3. The number of hydrogen-bond acceptors (Lipinski definition) is 5. The first kappa shape index (κ1) is 20.7. The third kappa shape index (κ3) is 4.86. The molecule has 0 heterocycles. The van der Waals surface area contributed by atoms with Crippen molar-refractivity contribution in [3.05, 3.63) is 64.1 Å². The summed E-state index contributed by atoms with van der Waals surface area (Å²) in [7, 11) is 1.56. The average Bonchev–Trinajstić information content (AvgIpc) is 2.68. The van der Waals surface area contributed by atoms with Crippen LogP contribution in [0, 0.1) is 0 Å². The molecule has 0 radical (unpaired) electrons. The molecule has 6 nitrogen and oxygen atoms in total. The van der Waals surface area contributed by atoms with Crippen molar-refractivity contribution in [3.63, 3.8) is 0 Å². The van der Waals surface area contributed by atoms with Crippen molar-refractivity contribution in [2.75, 3.05) is 7.11 Å². The van der Waals surface area contributed by atoms with Gasteiger partial charge in [0.05, 0.1) is 29.5 Å².